The summed E-state index contributed by atoms with van der Waals surface area (Å²) in [6, 6.07) is 0. The third kappa shape index (κ3) is 4.29. The van der Waals surface area contributed by atoms with Gasteiger partial charge < -0.3 is 11.1 Å². The van der Waals surface area contributed by atoms with Crippen LogP contribution in [0.5, 0.6) is 0 Å². The topological polar surface area (TPSA) is 85.8 Å². The molecule has 0 aliphatic heterocycles. The van der Waals surface area contributed by atoms with Gasteiger partial charge in [0.15, 0.2) is 5.69 Å². The molecule has 6 heteroatoms. The summed E-state index contributed by atoms with van der Waals surface area (Å²) in [5.74, 6) is 0.473. The quantitative estimate of drug-likeness (QED) is 0.870. The summed E-state index contributed by atoms with van der Waals surface area (Å²) in [6.45, 7) is 10.2. The number of aryl methyl sites for hydroxylation is 1. The van der Waals surface area contributed by atoms with Gasteiger partial charge in [0, 0.05) is 12.1 Å². The van der Waals surface area contributed by atoms with E-state index in [4.69, 9.17) is 5.73 Å². The van der Waals surface area contributed by atoms with Crippen LogP contribution in [0.15, 0.2) is 6.20 Å². The predicted molar refractivity (Wildman–Crippen MR) is 86.4 cm³/mol. The smallest absolute Gasteiger partial charge is 0.273 e. The molecule has 3 N–H and O–H groups in total. The average Bonchev–Trinajstić information content (AvgIpc) is 2.81. The Bertz CT molecular complexity index is 524. The molecule has 0 radical (unpaired) electrons. The molecule has 0 spiro atoms. The van der Waals surface area contributed by atoms with Gasteiger partial charge in [-0.05, 0) is 50.5 Å². The molecule has 0 aromatic carbocycles. The number of carbonyl (C=O) groups is 1. The summed E-state index contributed by atoms with van der Waals surface area (Å²) in [5, 5.41) is 11.2. The Morgan fingerprint density at radius 3 is 2.82 bits per heavy atom. The zero-order valence-electron chi connectivity index (χ0n) is 14.2. The monoisotopic (exact) mass is 307 g/mol. The van der Waals surface area contributed by atoms with Crippen LogP contribution in [0.2, 0.25) is 0 Å². The Morgan fingerprint density at radius 1 is 1.45 bits per heavy atom. The summed E-state index contributed by atoms with van der Waals surface area (Å²) >= 11 is 0. The summed E-state index contributed by atoms with van der Waals surface area (Å²) < 4.78 is 1.68. The molecule has 1 heterocycles. The lowest BCUT2D eigenvalue weighted by Crippen LogP contribution is -2.52. The molecule has 1 amide bonds. The van der Waals surface area contributed by atoms with Crippen molar-refractivity contribution >= 4 is 5.91 Å². The van der Waals surface area contributed by atoms with Crippen molar-refractivity contribution in [1.29, 1.82) is 0 Å². The number of amides is 1. The number of rotatable bonds is 5. The number of hydrogen-bond acceptors (Lipinski definition) is 4. The number of carbonyl (C=O) groups excluding carboxylic acids is 1. The van der Waals surface area contributed by atoms with Gasteiger partial charge in [-0.25, -0.2) is 0 Å². The molecule has 1 saturated carbocycles. The Morgan fingerprint density at radius 2 is 2.18 bits per heavy atom. The first-order chi connectivity index (χ1) is 10.2. The Hall–Kier alpha value is -1.43. The maximum atomic E-state index is 12.5. The van der Waals surface area contributed by atoms with Crippen molar-refractivity contribution < 1.29 is 4.79 Å². The van der Waals surface area contributed by atoms with Gasteiger partial charge in [-0.2, -0.15) is 0 Å². The van der Waals surface area contributed by atoms with Gasteiger partial charge in [-0.1, -0.05) is 26.0 Å². The van der Waals surface area contributed by atoms with Gasteiger partial charge in [-0.3, -0.25) is 9.48 Å². The lowest BCUT2D eigenvalue weighted by Gasteiger charge is -2.46. The summed E-state index contributed by atoms with van der Waals surface area (Å²) in [5.41, 5.74) is 5.93. The largest absolute Gasteiger partial charge is 0.345 e. The second kappa shape index (κ2) is 6.36. The van der Waals surface area contributed by atoms with Gasteiger partial charge in [0.25, 0.3) is 5.91 Å². The Labute approximate surface area is 132 Å². The molecular formula is C16H29N5O. The van der Waals surface area contributed by atoms with Gasteiger partial charge in [0.1, 0.15) is 0 Å². The minimum Gasteiger partial charge on any atom is -0.345 e. The zero-order valence-corrected chi connectivity index (χ0v) is 14.2. The fraction of sp³-hybridized carbons (Fsp3) is 0.812. The van der Waals surface area contributed by atoms with E-state index in [0.29, 0.717) is 24.7 Å². The molecule has 0 saturated heterocycles. The van der Waals surface area contributed by atoms with Crippen LogP contribution in [-0.4, -0.2) is 33.0 Å². The zero-order chi connectivity index (χ0) is 16.4. The molecule has 2 atom stereocenters. The maximum Gasteiger partial charge on any atom is 0.273 e. The number of nitrogens with zero attached hydrogens (tertiary/aromatic N) is 3. The molecule has 1 aliphatic carbocycles. The van der Waals surface area contributed by atoms with Crippen molar-refractivity contribution in [2.24, 2.45) is 17.1 Å². The predicted octanol–water partition coefficient (Wildman–Crippen LogP) is 1.96. The number of nitrogens with one attached hydrogen (secondary N) is 1. The number of nitrogens with two attached hydrogens (primary N) is 1. The van der Waals surface area contributed by atoms with E-state index in [1.54, 1.807) is 10.9 Å². The van der Waals surface area contributed by atoms with E-state index >= 15 is 0 Å². The van der Waals surface area contributed by atoms with Crippen LogP contribution in [0.4, 0.5) is 0 Å². The van der Waals surface area contributed by atoms with Crippen molar-refractivity contribution in [2.75, 3.05) is 6.54 Å². The molecule has 0 unspecified atom stereocenters. The summed E-state index contributed by atoms with van der Waals surface area (Å²) in [7, 11) is 0. The molecule has 1 aliphatic rings. The molecule has 124 valence electrons. The van der Waals surface area contributed by atoms with E-state index in [0.717, 1.165) is 19.3 Å². The van der Waals surface area contributed by atoms with E-state index in [2.05, 4.69) is 43.3 Å². The first-order valence-electron chi connectivity index (χ1n) is 8.16. The van der Waals surface area contributed by atoms with Crippen molar-refractivity contribution in [3.63, 3.8) is 0 Å². The highest BCUT2D eigenvalue weighted by Crippen LogP contribution is 2.43. The van der Waals surface area contributed by atoms with Crippen molar-refractivity contribution in [1.82, 2.24) is 20.3 Å². The molecule has 1 fully saturated rings. The highest BCUT2D eigenvalue weighted by Gasteiger charge is 2.40. The fourth-order valence-corrected chi connectivity index (χ4v) is 4.18. The van der Waals surface area contributed by atoms with Gasteiger partial charge >= 0.3 is 0 Å². The molecular weight excluding hydrogens is 278 g/mol. The van der Waals surface area contributed by atoms with E-state index in [9.17, 15) is 4.79 Å². The van der Waals surface area contributed by atoms with Crippen LogP contribution in [0.25, 0.3) is 0 Å². The highest BCUT2D eigenvalue weighted by molar-refractivity contribution is 5.92. The molecule has 2 rings (SSSR count). The first-order valence-corrected chi connectivity index (χ1v) is 8.16. The van der Waals surface area contributed by atoms with Crippen LogP contribution >= 0.6 is 0 Å². The second-order valence-corrected chi connectivity index (χ2v) is 7.88. The van der Waals surface area contributed by atoms with Crippen LogP contribution in [0, 0.1) is 11.3 Å². The van der Waals surface area contributed by atoms with E-state index in [-0.39, 0.29) is 16.9 Å². The summed E-state index contributed by atoms with van der Waals surface area (Å²) in [4.78, 5) is 12.5. The van der Waals surface area contributed by atoms with E-state index < -0.39 is 0 Å². The number of hydrogen-bond donors (Lipinski definition) is 2. The van der Waals surface area contributed by atoms with Gasteiger partial charge in [-0.15, -0.1) is 5.10 Å². The fourth-order valence-electron chi connectivity index (χ4n) is 4.18. The van der Waals surface area contributed by atoms with Crippen LogP contribution < -0.4 is 11.1 Å². The van der Waals surface area contributed by atoms with Crippen LogP contribution in [-0.2, 0) is 6.54 Å². The molecule has 1 aromatic heterocycles. The third-order valence-corrected chi connectivity index (χ3v) is 4.35. The standard InChI is InChI=1S/C16H29N5O/c1-12-8-15(2,3)11-16(4,9-12)18-14(22)13-10-21(20-19-13)7-5-6-17/h10,12H,5-9,11,17H2,1-4H3,(H,18,22)/t12-,16-/m1/s1. The van der Waals surface area contributed by atoms with Gasteiger partial charge in [0.2, 0.25) is 0 Å². The number of aromatic nitrogens is 3. The third-order valence-electron chi connectivity index (χ3n) is 4.35. The molecule has 0 bridgehead atoms. The highest BCUT2D eigenvalue weighted by atomic mass is 16.2. The maximum absolute atomic E-state index is 12.5. The SMILES string of the molecule is C[C@@H]1CC(C)(C)C[C@](C)(NC(=O)c2cn(CCCN)nn2)C1. The molecule has 22 heavy (non-hydrogen) atoms. The van der Waals surface area contributed by atoms with Crippen LogP contribution in [0.1, 0.15) is 63.9 Å². The van der Waals surface area contributed by atoms with Crippen LogP contribution in [0.3, 0.4) is 0 Å². The average molecular weight is 307 g/mol. The van der Waals surface area contributed by atoms with Crippen molar-refractivity contribution in [3.8, 4) is 0 Å². The van der Waals surface area contributed by atoms with Crippen molar-refractivity contribution in [3.05, 3.63) is 11.9 Å². The lowest BCUT2D eigenvalue weighted by molar-refractivity contribution is 0.0694. The second-order valence-electron chi connectivity index (χ2n) is 7.88. The molecule has 1 aromatic rings. The molecule has 6 nitrogen and oxygen atoms in total. The Balaban J connectivity index is 2.02. The van der Waals surface area contributed by atoms with E-state index in [1.807, 2.05) is 0 Å². The normalized spacial score (nSPS) is 27.6. The minimum absolute atomic E-state index is 0.133. The summed E-state index contributed by atoms with van der Waals surface area (Å²) in [6.07, 6.45) is 5.72. The van der Waals surface area contributed by atoms with Gasteiger partial charge in [0.05, 0.1) is 6.20 Å². The lowest BCUT2D eigenvalue weighted by atomic mass is 9.65. The van der Waals surface area contributed by atoms with E-state index in [1.165, 1.54) is 6.42 Å². The van der Waals surface area contributed by atoms with Crippen molar-refractivity contribution in [2.45, 2.75) is 65.5 Å². The minimum atomic E-state index is -0.181. The first kappa shape index (κ1) is 16.9. The Kier molecular flexibility index (Phi) is 4.90.